The Morgan fingerprint density at radius 3 is 2.67 bits per heavy atom. The maximum atomic E-state index is 4.73. The van der Waals surface area contributed by atoms with Crippen LogP contribution in [0.2, 0.25) is 0 Å². The quantitative estimate of drug-likeness (QED) is 0.422. The summed E-state index contributed by atoms with van der Waals surface area (Å²) in [5.41, 5.74) is 2.36. The number of hydrogen-bond donors (Lipinski definition) is 1. The summed E-state index contributed by atoms with van der Waals surface area (Å²) < 4.78 is 1.81. The molecule has 0 spiro atoms. The summed E-state index contributed by atoms with van der Waals surface area (Å²) in [4.78, 5) is 12.5. The standard InChI is InChI=1S/C16H26N6S.HI/c1-11(2)15-12(3)23-14(20-15)8-18-16(17-4)21(5)9-13-7-19-22(6)10-13;/h7,10-11H,8-9H2,1-6H3,(H,17,18);1H. The number of aliphatic imine (C=N–C) groups is 1. The first kappa shape index (κ1) is 20.9. The van der Waals surface area contributed by atoms with Gasteiger partial charge in [-0.1, -0.05) is 13.8 Å². The average Bonchev–Trinajstić information content (AvgIpc) is 3.05. The highest BCUT2D eigenvalue weighted by Crippen LogP contribution is 2.23. The Morgan fingerprint density at radius 2 is 2.17 bits per heavy atom. The van der Waals surface area contributed by atoms with Crippen molar-refractivity contribution >= 4 is 41.3 Å². The average molecular weight is 462 g/mol. The van der Waals surface area contributed by atoms with Crippen LogP contribution in [0, 0.1) is 6.92 Å². The first-order valence-electron chi connectivity index (χ1n) is 7.76. The molecule has 2 aromatic rings. The van der Waals surface area contributed by atoms with Gasteiger partial charge in [0.05, 0.1) is 18.4 Å². The van der Waals surface area contributed by atoms with Crippen LogP contribution >= 0.6 is 35.3 Å². The van der Waals surface area contributed by atoms with Crippen LogP contribution in [0.4, 0.5) is 0 Å². The Kier molecular flexibility index (Phi) is 8.14. The van der Waals surface area contributed by atoms with Crippen LogP contribution in [-0.4, -0.2) is 39.7 Å². The summed E-state index contributed by atoms with van der Waals surface area (Å²) in [6.07, 6.45) is 3.89. The normalized spacial score (nSPS) is 11.5. The van der Waals surface area contributed by atoms with Crippen molar-refractivity contribution < 1.29 is 0 Å². The molecule has 0 saturated carbocycles. The van der Waals surface area contributed by atoms with E-state index in [1.54, 1.807) is 18.4 Å². The largest absolute Gasteiger partial charge is 0.350 e. The molecule has 8 heteroatoms. The number of hydrogen-bond acceptors (Lipinski definition) is 4. The lowest BCUT2D eigenvalue weighted by Gasteiger charge is -2.21. The van der Waals surface area contributed by atoms with E-state index >= 15 is 0 Å². The highest BCUT2D eigenvalue weighted by Gasteiger charge is 2.12. The molecule has 2 aromatic heterocycles. The third-order valence-corrected chi connectivity index (χ3v) is 4.56. The molecule has 0 fully saturated rings. The molecule has 0 unspecified atom stereocenters. The third-order valence-electron chi connectivity index (χ3n) is 3.57. The van der Waals surface area contributed by atoms with Crippen LogP contribution < -0.4 is 5.32 Å². The highest BCUT2D eigenvalue weighted by molar-refractivity contribution is 14.0. The van der Waals surface area contributed by atoms with Crippen molar-refractivity contribution in [3.05, 3.63) is 33.5 Å². The van der Waals surface area contributed by atoms with Crippen molar-refractivity contribution in [2.45, 2.75) is 39.8 Å². The number of rotatable bonds is 5. The Morgan fingerprint density at radius 1 is 1.46 bits per heavy atom. The molecule has 0 saturated heterocycles. The fourth-order valence-electron chi connectivity index (χ4n) is 2.52. The van der Waals surface area contributed by atoms with E-state index in [4.69, 9.17) is 4.98 Å². The van der Waals surface area contributed by atoms with Gasteiger partial charge in [0.15, 0.2) is 5.96 Å². The lowest BCUT2D eigenvalue weighted by molar-refractivity contribution is 0.476. The van der Waals surface area contributed by atoms with Gasteiger partial charge in [-0.25, -0.2) is 4.98 Å². The smallest absolute Gasteiger partial charge is 0.194 e. The van der Waals surface area contributed by atoms with E-state index in [0.717, 1.165) is 23.1 Å². The van der Waals surface area contributed by atoms with E-state index in [2.05, 4.69) is 41.1 Å². The number of nitrogens with zero attached hydrogens (tertiary/aromatic N) is 5. The highest BCUT2D eigenvalue weighted by atomic mass is 127. The Balaban J connectivity index is 0.00000288. The molecule has 2 heterocycles. The number of thiazole rings is 1. The fourth-order valence-corrected chi connectivity index (χ4v) is 3.55. The molecule has 0 amide bonds. The summed E-state index contributed by atoms with van der Waals surface area (Å²) in [6, 6.07) is 0. The first-order valence-corrected chi connectivity index (χ1v) is 8.57. The van der Waals surface area contributed by atoms with Gasteiger partial charge in [-0.3, -0.25) is 9.67 Å². The van der Waals surface area contributed by atoms with Gasteiger partial charge < -0.3 is 10.2 Å². The Hall–Kier alpha value is -1.16. The van der Waals surface area contributed by atoms with Gasteiger partial charge in [0.2, 0.25) is 0 Å². The molecule has 24 heavy (non-hydrogen) atoms. The number of aromatic nitrogens is 3. The summed E-state index contributed by atoms with van der Waals surface area (Å²) in [7, 11) is 5.75. The van der Waals surface area contributed by atoms with Crippen molar-refractivity contribution in [2.75, 3.05) is 14.1 Å². The molecule has 0 radical (unpaired) electrons. The van der Waals surface area contributed by atoms with Crippen LogP contribution in [0.25, 0.3) is 0 Å². The third kappa shape index (κ3) is 5.44. The van der Waals surface area contributed by atoms with Crippen molar-refractivity contribution in [2.24, 2.45) is 12.0 Å². The molecule has 134 valence electrons. The molecular formula is C16H27IN6S. The van der Waals surface area contributed by atoms with Crippen LogP contribution in [-0.2, 0) is 20.1 Å². The second-order valence-electron chi connectivity index (χ2n) is 5.98. The molecule has 0 aliphatic carbocycles. The van der Waals surface area contributed by atoms with E-state index < -0.39 is 0 Å². The van der Waals surface area contributed by atoms with Gasteiger partial charge >= 0.3 is 0 Å². The summed E-state index contributed by atoms with van der Waals surface area (Å²) >= 11 is 1.75. The van der Waals surface area contributed by atoms with Gasteiger partial charge in [-0.2, -0.15) is 5.10 Å². The number of guanidine groups is 1. The minimum atomic E-state index is 0. The van der Waals surface area contributed by atoms with Gasteiger partial charge in [0.1, 0.15) is 5.01 Å². The van der Waals surface area contributed by atoms with Crippen LogP contribution in [0.5, 0.6) is 0 Å². The predicted octanol–water partition coefficient (Wildman–Crippen LogP) is 3.13. The minimum Gasteiger partial charge on any atom is -0.350 e. The van der Waals surface area contributed by atoms with Crippen molar-refractivity contribution in [1.82, 2.24) is 25.0 Å². The first-order chi connectivity index (χ1) is 10.9. The molecule has 2 rings (SSSR count). The lowest BCUT2D eigenvalue weighted by atomic mass is 10.1. The van der Waals surface area contributed by atoms with E-state index in [0.29, 0.717) is 12.5 Å². The molecule has 1 N–H and O–H groups in total. The van der Waals surface area contributed by atoms with Gasteiger partial charge in [0, 0.05) is 44.3 Å². The maximum absolute atomic E-state index is 4.73. The van der Waals surface area contributed by atoms with Crippen molar-refractivity contribution in [1.29, 1.82) is 0 Å². The SMILES string of the molecule is CN=C(NCc1nc(C(C)C)c(C)s1)N(C)Cc1cnn(C)c1.I. The predicted molar refractivity (Wildman–Crippen MR) is 111 cm³/mol. The van der Waals surface area contributed by atoms with Crippen molar-refractivity contribution in [3.8, 4) is 0 Å². The summed E-state index contributed by atoms with van der Waals surface area (Å²) in [6.45, 7) is 7.96. The van der Waals surface area contributed by atoms with Crippen LogP contribution in [0.3, 0.4) is 0 Å². The van der Waals surface area contributed by atoms with Gasteiger partial charge in [0.25, 0.3) is 0 Å². The van der Waals surface area contributed by atoms with E-state index in [9.17, 15) is 0 Å². The van der Waals surface area contributed by atoms with E-state index in [1.165, 1.54) is 10.6 Å². The van der Waals surface area contributed by atoms with Crippen LogP contribution in [0.1, 0.15) is 40.9 Å². The number of halogens is 1. The molecule has 6 nitrogen and oxygen atoms in total. The zero-order valence-electron chi connectivity index (χ0n) is 15.2. The van der Waals surface area contributed by atoms with E-state index in [1.807, 2.05) is 31.2 Å². The number of nitrogens with one attached hydrogen (secondary N) is 1. The molecule has 0 aliphatic heterocycles. The lowest BCUT2D eigenvalue weighted by Crippen LogP contribution is -2.37. The number of aryl methyl sites for hydroxylation is 2. The molecule has 0 bridgehead atoms. The topological polar surface area (TPSA) is 58.3 Å². The second kappa shape index (κ2) is 9.36. The Bertz CT molecular complexity index is 676. The minimum absolute atomic E-state index is 0. The molecule has 0 aliphatic rings. The molecule has 0 aromatic carbocycles. The molecular weight excluding hydrogens is 435 g/mol. The monoisotopic (exact) mass is 462 g/mol. The van der Waals surface area contributed by atoms with Crippen LogP contribution in [0.15, 0.2) is 17.4 Å². The van der Waals surface area contributed by atoms with Gasteiger partial charge in [-0.05, 0) is 12.8 Å². The molecule has 0 atom stereocenters. The Labute approximate surface area is 165 Å². The van der Waals surface area contributed by atoms with Gasteiger partial charge in [-0.15, -0.1) is 35.3 Å². The summed E-state index contributed by atoms with van der Waals surface area (Å²) in [5.74, 6) is 1.32. The van der Waals surface area contributed by atoms with E-state index in [-0.39, 0.29) is 24.0 Å². The summed E-state index contributed by atoms with van der Waals surface area (Å²) in [5, 5.41) is 8.69. The second-order valence-corrected chi connectivity index (χ2v) is 7.27. The zero-order chi connectivity index (χ0) is 17.0. The maximum Gasteiger partial charge on any atom is 0.194 e. The zero-order valence-corrected chi connectivity index (χ0v) is 18.3. The van der Waals surface area contributed by atoms with Crippen molar-refractivity contribution in [3.63, 3.8) is 0 Å². The fraction of sp³-hybridized carbons (Fsp3) is 0.562.